The molecule has 0 aliphatic carbocycles. The molecule has 0 saturated carbocycles. The Labute approximate surface area is 221 Å². The van der Waals surface area contributed by atoms with Crippen LogP contribution in [0.4, 0.5) is 14.6 Å². The van der Waals surface area contributed by atoms with E-state index in [1.807, 2.05) is 11.8 Å². The second-order valence-electron chi connectivity index (χ2n) is 10.2. The van der Waals surface area contributed by atoms with Gasteiger partial charge in [-0.25, -0.2) is 23.4 Å². The van der Waals surface area contributed by atoms with Crippen LogP contribution in [0.1, 0.15) is 48.6 Å². The first kappa shape index (κ1) is 25.8. The maximum absolute atomic E-state index is 13.6. The van der Waals surface area contributed by atoms with E-state index in [0.29, 0.717) is 36.8 Å². The Bertz CT molecular complexity index is 1430. The predicted molar refractivity (Wildman–Crippen MR) is 144 cm³/mol. The van der Waals surface area contributed by atoms with Gasteiger partial charge in [0.05, 0.1) is 16.8 Å². The van der Waals surface area contributed by atoms with Crippen molar-refractivity contribution in [1.29, 1.82) is 0 Å². The summed E-state index contributed by atoms with van der Waals surface area (Å²) >= 11 is 0. The zero-order chi connectivity index (χ0) is 26.8. The maximum Gasteiger partial charge on any atom is 0.253 e. The highest BCUT2D eigenvalue weighted by Crippen LogP contribution is 2.30. The predicted octanol–water partition coefficient (Wildman–Crippen LogP) is 5.34. The van der Waals surface area contributed by atoms with Gasteiger partial charge in [-0.1, -0.05) is 13.8 Å². The number of carbonyl (C=O) groups is 1. The third-order valence-corrected chi connectivity index (χ3v) is 6.92. The van der Waals surface area contributed by atoms with Crippen LogP contribution in [0.15, 0.2) is 48.5 Å². The van der Waals surface area contributed by atoms with E-state index >= 15 is 0 Å². The van der Waals surface area contributed by atoms with E-state index in [4.69, 9.17) is 15.1 Å². The molecule has 0 unspecified atom stereocenters. The van der Waals surface area contributed by atoms with Crippen LogP contribution in [0.3, 0.4) is 0 Å². The highest BCUT2D eigenvalue weighted by molar-refractivity contribution is 5.94. The molecule has 2 aromatic carbocycles. The van der Waals surface area contributed by atoms with Gasteiger partial charge in [-0.3, -0.25) is 4.79 Å². The number of rotatable bonds is 6. The summed E-state index contributed by atoms with van der Waals surface area (Å²) < 4.78 is 28.7. The van der Waals surface area contributed by atoms with Crippen LogP contribution >= 0.6 is 0 Å². The average molecular weight is 519 g/mol. The molecule has 5 rings (SSSR count). The monoisotopic (exact) mass is 518 g/mol. The third-order valence-electron chi connectivity index (χ3n) is 6.92. The van der Waals surface area contributed by atoms with Crippen LogP contribution in [0.5, 0.6) is 0 Å². The van der Waals surface area contributed by atoms with Gasteiger partial charge in [-0.05, 0) is 74.2 Å². The largest absolute Gasteiger partial charge is 0.354 e. The highest BCUT2D eigenvalue weighted by Gasteiger charge is 2.25. The fraction of sp³-hybridized carbons (Fsp3) is 0.379. The number of aromatic nitrogens is 4. The smallest absolute Gasteiger partial charge is 0.253 e. The quantitative estimate of drug-likeness (QED) is 0.345. The number of hydrogen-bond acceptors (Lipinski definition) is 5. The molecule has 38 heavy (non-hydrogen) atoms. The Morgan fingerprint density at radius 1 is 0.921 bits per heavy atom. The second-order valence-corrected chi connectivity index (χ2v) is 10.2. The molecule has 1 aliphatic heterocycles. The summed E-state index contributed by atoms with van der Waals surface area (Å²) in [5.74, 6) is 1.30. The van der Waals surface area contributed by atoms with Crippen molar-refractivity contribution in [2.45, 2.75) is 40.0 Å². The molecular formula is C29H32F2N6O. The Morgan fingerprint density at radius 2 is 1.61 bits per heavy atom. The van der Waals surface area contributed by atoms with E-state index in [9.17, 15) is 13.6 Å². The van der Waals surface area contributed by atoms with E-state index in [-0.39, 0.29) is 17.5 Å². The van der Waals surface area contributed by atoms with Gasteiger partial charge >= 0.3 is 0 Å². The Morgan fingerprint density at radius 3 is 2.29 bits per heavy atom. The average Bonchev–Trinajstić information content (AvgIpc) is 3.07. The van der Waals surface area contributed by atoms with Crippen LogP contribution in [0, 0.1) is 24.5 Å². The maximum atomic E-state index is 13.6. The molecule has 7 nitrogen and oxygen atoms in total. The third kappa shape index (κ3) is 5.37. The Kier molecular flexibility index (Phi) is 7.35. The summed E-state index contributed by atoms with van der Waals surface area (Å²) in [6.45, 7) is 8.74. The molecule has 1 saturated heterocycles. The van der Waals surface area contributed by atoms with E-state index < -0.39 is 0 Å². The number of hydrogen-bond donors (Lipinski definition) is 0. The molecule has 4 aromatic rings. The van der Waals surface area contributed by atoms with Crippen LogP contribution in [0.25, 0.3) is 16.7 Å². The zero-order valence-electron chi connectivity index (χ0n) is 22.0. The second kappa shape index (κ2) is 10.8. The number of benzene rings is 2. The normalized spacial score (nSPS) is 14.4. The van der Waals surface area contributed by atoms with Gasteiger partial charge in [0.15, 0.2) is 5.65 Å². The van der Waals surface area contributed by atoms with Crippen molar-refractivity contribution in [3.8, 4) is 5.69 Å². The first-order valence-corrected chi connectivity index (χ1v) is 13.1. The molecule has 3 heterocycles. The number of amides is 1. The Hall–Kier alpha value is -3.88. The lowest BCUT2D eigenvalue weighted by atomic mass is 10.1. The molecule has 1 amide bonds. The summed E-state index contributed by atoms with van der Waals surface area (Å²) in [6, 6.07) is 11.9. The minimum atomic E-state index is -0.360. The highest BCUT2D eigenvalue weighted by atomic mass is 19.1. The van der Waals surface area contributed by atoms with Gasteiger partial charge in [0.25, 0.3) is 5.91 Å². The lowest BCUT2D eigenvalue weighted by molar-refractivity contribution is 0.0767. The number of halogens is 2. The first-order chi connectivity index (χ1) is 18.3. The first-order valence-electron chi connectivity index (χ1n) is 13.1. The molecule has 0 atom stereocenters. The van der Waals surface area contributed by atoms with Crippen molar-refractivity contribution in [1.82, 2.24) is 24.6 Å². The van der Waals surface area contributed by atoms with E-state index in [1.54, 1.807) is 16.8 Å². The van der Waals surface area contributed by atoms with Crippen LogP contribution in [-0.4, -0.2) is 56.7 Å². The van der Waals surface area contributed by atoms with Crippen LogP contribution in [-0.2, 0) is 6.42 Å². The molecule has 198 valence electrons. The van der Waals surface area contributed by atoms with Gasteiger partial charge in [0.1, 0.15) is 23.3 Å². The van der Waals surface area contributed by atoms with Crippen molar-refractivity contribution in [2.24, 2.45) is 5.92 Å². The van der Waals surface area contributed by atoms with E-state index in [2.05, 4.69) is 18.7 Å². The molecule has 2 aromatic heterocycles. The topological polar surface area (TPSA) is 67.2 Å². The molecule has 9 heteroatoms. The molecule has 0 bridgehead atoms. The minimum absolute atomic E-state index is 0.0994. The van der Waals surface area contributed by atoms with Gasteiger partial charge < -0.3 is 9.80 Å². The lowest BCUT2D eigenvalue weighted by Crippen LogP contribution is -2.35. The van der Waals surface area contributed by atoms with Gasteiger partial charge in [-0.15, -0.1) is 0 Å². The molecule has 0 spiro atoms. The summed E-state index contributed by atoms with van der Waals surface area (Å²) in [6.07, 6.45) is 2.46. The molecule has 1 aliphatic rings. The van der Waals surface area contributed by atoms with Gasteiger partial charge in [0.2, 0.25) is 0 Å². The number of aryl methyl sites for hydroxylation is 2. The van der Waals surface area contributed by atoms with Crippen LogP contribution in [0.2, 0.25) is 0 Å². The summed E-state index contributed by atoms with van der Waals surface area (Å²) in [5.41, 5.74) is 2.70. The van der Waals surface area contributed by atoms with E-state index in [1.165, 1.54) is 36.4 Å². The fourth-order valence-corrected chi connectivity index (χ4v) is 4.83. The van der Waals surface area contributed by atoms with Crippen molar-refractivity contribution >= 4 is 22.8 Å². The Balaban J connectivity index is 1.49. The standard InChI is InChI=1S/C29H32F2N6O/c1-19(2)5-14-25-32-27(26-20(3)34-37(28(26)33-25)24-12-10-23(31)11-13-24)35-15-4-16-36(18-17-35)29(38)21-6-8-22(30)9-7-21/h6-13,19H,4-5,14-18H2,1-3H3. The molecule has 0 radical (unpaired) electrons. The SMILES string of the molecule is Cc1nn(-c2ccc(F)cc2)c2nc(CCC(C)C)nc(N3CCCN(C(=O)c4ccc(F)cc4)CC3)c12. The number of anilines is 1. The minimum Gasteiger partial charge on any atom is -0.354 e. The van der Waals surface area contributed by atoms with Gasteiger partial charge in [0, 0.05) is 38.2 Å². The summed E-state index contributed by atoms with van der Waals surface area (Å²) in [4.78, 5) is 27.0. The van der Waals surface area contributed by atoms with Gasteiger partial charge in [-0.2, -0.15) is 5.10 Å². The lowest BCUT2D eigenvalue weighted by Gasteiger charge is -2.24. The van der Waals surface area contributed by atoms with E-state index in [0.717, 1.165) is 54.2 Å². The van der Waals surface area contributed by atoms with Crippen molar-refractivity contribution in [2.75, 3.05) is 31.1 Å². The van der Waals surface area contributed by atoms with Crippen molar-refractivity contribution in [3.63, 3.8) is 0 Å². The number of carbonyl (C=O) groups excluding carboxylic acids is 1. The number of fused-ring (bicyclic) bond motifs is 1. The van der Waals surface area contributed by atoms with Crippen molar-refractivity contribution < 1.29 is 13.6 Å². The molecular weight excluding hydrogens is 486 g/mol. The van der Waals surface area contributed by atoms with Crippen LogP contribution < -0.4 is 4.90 Å². The zero-order valence-corrected chi connectivity index (χ0v) is 22.0. The van der Waals surface area contributed by atoms with Crippen molar-refractivity contribution in [3.05, 3.63) is 77.2 Å². The summed E-state index contributed by atoms with van der Waals surface area (Å²) in [5, 5.41) is 5.63. The fourth-order valence-electron chi connectivity index (χ4n) is 4.83. The molecule has 1 fully saturated rings. The number of nitrogens with zero attached hydrogens (tertiary/aromatic N) is 6. The molecule has 0 N–H and O–H groups in total. The summed E-state index contributed by atoms with van der Waals surface area (Å²) in [7, 11) is 0.